The molecule has 0 aliphatic heterocycles. The largest absolute Gasteiger partial charge is 0.326 e. The van der Waals surface area contributed by atoms with Crippen LogP contribution in [0.3, 0.4) is 0 Å². The maximum atomic E-state index is 12.1. The number of nitrogens with one attached hydrogen (secondary N) is 2. The third-order valence-electron chi connectivity index (χ3n) is 2.44. The number of aromatic amines is 1. The molecule has 19 heavy (non-hydrogen) atoms. The fourth-order valence-corrected chi connectivity index (χ4v) is 2.85. The van der Waals surface area contributed by atoms with Crippen molar-refractivity contribution in [1.29, 1.82) is 0 Å². The molecule has 1 heterocycles. The number of anilines is 1. The molecule has 0 aliphatic carbocycles. The zero-order chi connectivity index (χ0) is 14.0. The zero-order valence-electron chi connectivity index (χ0n) is 9.98. The van der Waals surface area contributed by atoms with Crippen LogP contribution in [0.2, 0.25) is 0 Å². The van der Waals surface area contributed by atoms with E-state index in [2.05, 4.69) is 25.6 Å². The summed E-state index contributed by atoms with van der Waals surface area (Å²) in [6, 6.07) is 7.78. The van der Waals surface area contributed by atoms with Crippen molar-refractivity contribution in [3.8, 4) is 0 Å². The minimum atomic E-state index is -3.76. The van der Waals surface area contributed by atoms with Gasteiger partial charge in [-0.25, -0.2) is 8.42 Å². The lowest BCUT2D eigenvalue weighted by atomic mass is 10.2. The molecule has 100 valence electrons. The summed E-state index contributed by atoms with van der Waals surface area (Å²) in [5, 5.41) is 0. The van der Waals surface area contributed by atoms with Crippen LogP contribution in [0.25, 0.3) is 0 Å². The van der Waals surface area contributed by atoms with E-state index in [1.165, 1.54) is 24.4 Å². The molecule has 0 saturated heterocycles. The molecule has 0 bridgehead atoms. The predicted octanol–water partition coefficient (Wildman–Crippen LogP) is 2.25. The van der Waals surface area contributed by atoms with Crippen LogP contribution in [0.15, 0.2) is 50.7 Å². The Morgan fingerprint density at radius 1 is 1.21 bits per heavy atom. The topological polar surface area (TPSA) is 79.0 Å². The first kappa shape index (κ1) is 13.8. The summed E-state index contributed by atoms with van der Waals surface area (Å²) in [4.78, 5) is 14.1. The molecule has 2 aromatic rings. The summed E-state index contributed by atoms with van der Waals surface area (Å²) in [7, 11) is -3.76. The van der Waals surface area contributed by atoms with E-state index in [0.717, 1.165) is 5.56 Å². The minimum absolute atomic E-state index is 0.0325. The SMILES string of the molecule is Cc1ccc(S(=O)(=O)Nc2cc(Br)c[nH]c2=O)cc1. The molecule has 0 unspecified atom stereocenters. The van der Waals surface area contributed by atoms with Crippen LogP contribution in [-0.4, -0.2) is 13.4 Å². The lowest BCUT2D eigenvalue weighted by Gasteiger charge is -2.07. The van der Waals surface area contributed by atoms with Gasteiger partial charge in [0, 0.05) is 10.7 Å². The van der Waals surface area contributed by atoms with Gasteiger partial charge in [-0.15, -0.1) is 0 Å². The van der Waals surface area contributed by atoms with Gasteiger partial charge >= 0.3 is 0 Å². The van der Waals surface area contributed by atoms with Gasteiger partial charge in [0.15, 0.2) is 0 Å². The summed E-state index contributed by atoms with van der Waals surface area (Å²) < 4.78 is 27.0. The quantitative estimate of drug-likeness (QED) is 0.897. The Kier molecular flexibility index (Phi) is 3.77. The minimum Gasteiger partial charge on any atom is -0.326 e. The lowest BCUT2D eigenvalue weighted by Crippen LogP contribution is -2.20. The first-order valence-corrected chi connectivity index (χ1v) is 7.64. The number of pyridine rings is 1. The molecule has 0 saturated carbocycles. The van der Waals surface area contributed by atoms with Gasteiger partial charge in [-0.2, -0.15) is 0 Å². The summed E-state index contributed by atoms with van der Waals surface area (Å²) >= 11 is 3.16. The highest BCUT2D eigenvalue weighted by molar-refractivity contribution is 9.10. The van der Waals surface area contributed by atoms with Gasteiger partial charge < -0.3 is 4.98 Å². The van der Waals surface area contributed by atoms with Gasteiger partial charge in [0.2, 0.25) is 0 Å². The smallest absolute Gasteiger partial charge is 0.272 e. The Hall–Kier alpha value is -1.60. The van der Waals surface area contributed by atoms with Crippen molar-refractivity contribution in [3.05, 3.63) is 56.9 Å². The van der Waals surface area contributed by atoms with E-state index in [1.807, 2.05) is 6.92 Å². The first-order valence-electron chi connectivity index (χ1n) is 5.36. The number of H-pyrrole nitrogens is 1. The Morgan fingerprint density at radius 2 is 1.84 bits per heavy atom. The predicted molar refractivity (Wildman–Crippen MR) is 76.8 cm³/mol. The second kappa shape index (κ2) is 5.18. The number of hydrogen-bond acceptors (Lipinski definition) is 3. The Labute approximate surface area is 118 Å². The van der Waals surface area contributed by atoms with Crippen LogP contribution in [0, 0.1) is 6.92 Å². The normalized spacial score (nSPS) is 11.3. The number of halogens is 1. The summed E-state index contributed by atoms with van der Waals surface area (Å²) in [6.45, 7) is 1.86. The second-order valence-electron chi connectivity index (χ2n) is 3.98. The van der Waals surface area contributed by atoms with Crippen molar-refractivity contribution in [1.82, 2.24) is 4.98 Å². The van der Waals surface area contributed by atoms with Crippen molar-refractivity contribution in [2.45, 2.75) is 11.8 Å². The third-order valence-corrected chi connectivity index (χ3v) is 4.28. The fraction of sp³-hybridized carbons (Fsp3) is 0.0833. The van der Waals surface area contributed by atoms with Crippen LogP contribution in [-0.2, 0) is 10.0 Å². The van der Waals surface area contributed by atoms with Gasteiger partial charge in [0.1, 0.15) is 5.69 Å². The monoisotopic (exact) mass is 342 g/mol. The molecule has 0 fully saturated rings. The fourth-order valence-electron chi connectivity index (χ4n) is 1.45. The van der Waals surface area contributed by atoms with E-state index in [1.54, 1.807) is 12.1 Å². The highest BCUT2D eigenvalue weighted by Crippen LogP contribution is 2.16. The maximum absolute atomic E-state index is 12.1. The molecule has 0 spiro atoms. The molecular formula is C12H11BrN2O3S. The zero-order valence-corrected chi connectivity index (χ0v) is 12.4. The lowest BCUT2D eigenvalue weighted by molar-refractivity contribution is 0.601. The first-order chi connectivity index (χ1) is 8.88. The molecule has 0 atom stereocenters. The molecule has 7 heteroatoms. The average Bonchev–Trinajstić information content (AvgIpc) is 2.34. The van der Waals surface area contributed by atoms with E-state index in [-0.39, 0.29) is 10.6 Å². The summed E-state index contributed by atoms with van der Waals surface area (Å²) in [5.74, 6) is 0. The molecule has 2 rings (SSSR count). The average molecular weight is 343 g/mol. The second-order valence-corrected chi connectivity index (χ2v) is 6.58. The number of benzene rings is 1. The number of rotatable bonds is 3. The van der Waals surface area contributed by atoms with Crippen molar-refractivity contribution in [2.24, 2.45) is 0 Å². The standard InChI is InChI=1S/C12H11BrN2O3S/c1-8-2-4-10(5-3-8)19(17,18)15-11-6-9(13)7-14-12(11)16/h2-7,15H,1H3,(H,14,16). The Morgan fingerprint density at radius 3 is 2.47 bits per heavy atom. The number of hydrogen-bond donors (Lipinski definition) is 2. The van der Waals surface area contributed by atoms with Crippen LogP contribution < -0.4 is 10.3 Å². The molecule has 1 aromatic heterocycles. The Bertz CT molecular complexity index is 751. The van der Waals surface area contributed by atoms with Crippen molar-refractivity contribution in [3.63, 3.8) is 0 Å². The summed E-state index contributed by atoms with van der Waals surface area (Å²) in [6.07, 6.45) is 1.44. The van der Waals surface area contributed by atoms with Crippen molar-refractivity contribution < 1.29 is 8.42 Å². The van der Waals surface area contributed by atoms with E-state index in [9.17, 15) is 13.2 Å². The van der Waals surface area contributed by atoms with Gasteiger partial charge in [-0.05, 0) is 41.1 Å². The highest BCUT2D eigenvalue weighted by atomic mass is 79.9. The van der Waals surface area contributed by atoms with E-state index in [0.29, 0.717) is 4.47 Å². The van der Waals surface area contributed by atoms with Crippen molar-refractivity contribution in [2.75, 3.05) is 4.72 Å². The molecule has 0 amide bonds. The Balaban J connectivity index is 2.39. The number of sulfonamides is 1. The molecule has 5 nitrogen and oxygen atoms in total. The number of aryl methyl sites for hydroxylation is 1. The maximum Gasteiger partial charge on any atom is 0.272 e. The van der Waals surface area contributed by atoms with Crippen LogP contribution in [0.1, 0.15) is 5.56 Å². The summed E-state index contributed by atoms with van der Waals surface area (Å²) in [5.41, 5.74) is 0.424. The molecule has 2 N–H and O–H groups in total. The highest BCUT2D eigenvalue weighted by Gasteiger charge is 2.15. The van der Waals surface area contributed by atoms with Gasteiger partial charge in [0.05, 0.1) is 4.90 Å². The van der Waals surface area contributed by atoms with Crippen LogP contribution in [0.5, 0.6) is 0 Å². The van der Waals surface area contributed by atoms with E-state index >= 15 is 0 Å². The third kappa shape index (κ3) is 3.24. The van der Waals surface area contributed by atoms with Gasteiger partial charge in [-0.1, -0.05) is 17.7 Å². The van der Waals surface area contributed by atoms with Crippen LogP contribution in [0.4, 0.5) is 5.69 Å². The molecule has 0 radical (unpaired) electrons. The van der Waals surface area contributed by atoms with Gasteiger partial charge in [0.25, 0.3) is 15.6 Å². The van der Waals surface area contributed by atoms with Crippen LogP contribution >= 0.6 is 15.9 Å². The molecular weight excluding hydrogens is 332 g/mol. The van der Waals surface area contributed by atoms with Gasteiger partial charge in [-0.3, -0.25) is 9.52 Å². The number of aromatic nitrogens is 1. The van der Waals surface area contributed by atoms with Crippen molar-refractivity contribution >= 4 is 31.6 Å². The van der Waals surface area contributed by atoms with E-state index < -0.39 is 15.6 Å². The molecule has 1 aromatic carbocycles. The molecule has 0 aliphatic rings. The van der Waals surface area contributed by atoms with E-state index in [4.69, 9.17) is 0 Å².